The largest absolute Gasteiger partial charge is 0.275 e. The maximum absolute atomic E-state index is 13.3. The number of aromatic nitrogens is 3. The molecule has 28 heavy (non-hydrogen) atoms. The van der Waals surface area contributed by atoms with Crippen molar-refractivity contribution >= 4 is 28.5 Å². The molecular formula is C22H16N4O2. The maximum Gasteiger partial charge on any atom is 0.267 e. The summed E-state index contributed by atoms with van der Waals surface area (Å²) in [4.78, 5) is 31.9. The highest BCUT2D eigenvalue weighted by Gasteiger charge is 2.40. The van der Waals surface area contributed by atoms with E-state index in [0.717, 1.165) is 16.7 Å². The predicted molar refractivity (Wildman–Crippen MR) is 106 cm³/mol. The van der Waals surface area contributed by atoms with Crippen molar-refractivity contribution in [2.24, 2.45) is 0 Å². The second-order valence-corrected chi connectivity index (χ2v) is 6.92. The molecular weight excluding hydrogens is 352 g/mol. The van der Waals surface area contributed by atoms with E-state index < -0.39 is 0 Å². The molecule has 0 bridgehead atoms. The molecule has 4 aromatic rings. The Morgan fingerprint density at radius 2 is 1.71 bits per heavy atom. The fourth-order valence-electron chi connectivity index (χ4n) is 3.61. The fourth-order valence-corrected chi connectivity index (χ4v) is 3.61. The van der Waals surface area contributed by atoms with Gasteiger partial charge >= 0.3 is 0 Å². The lowest BCUT2D eigenvalue weighted by Crippen LogP contribution is -2.29. The van der Waals surface area contributed by atoms with Crippen molar-refractivity contribution in [2.45, 2.75) is 13.8 Å². The molecule has 2 aromatic carbocycles. The first-order valence-corrected chi connectivity index (χ1v) is 8.95. The summed E-state index contributed by atoms with van der Waals surface area (Å²) in [6.45, 7) is 3.95. The quantitative estimate of drug-likeness (QED) is 0.542. The molecule has 0 fully saturated rings. The first kappa shape index (κ1) is 16.4. The van der Waals surface area contributed by atoms with Crippen LogP contribution in [0.2, 0.25) is 0 Å². The molecule has 1 aliphatic rings. The summed E-state index contributed by atoms with van der Waals surface area (Å²) in [5.74, 6) is -0.716. The molecule has 0 atom stereocenters. The van der Waals surface area contributed by atoms with Crippen LogP contribution < -0.4 is 4.90 Å². The number of carbonyl (C=O) groups is 2. The molecule has 3 heterocycles. The molecule has 2 aromatic heterocycles. The standard InChI is InChI=1S/C22H16N4O2/c1-12-8-9-15(10-13(12)2)26-21(27)16-11-23-20-18(17(16)22(26)28)19(24-25-20)14-6-4-3-5-7-14/h3-11H,1-2H3,(H,23,24,25). The number of aryl methyl sites for hydroxylation is 2. The smallest absolute Gasteiger partial charge is 0.267 e. The van der Waals surface area contributed by atoms with Gasteiger partial charge in [-0.3, -0.25) is 14.7 Å². The van der Waals surface area contributed by atoms with Crippen LogP contribution in [-0.2, 0) is 0 Å². The van der Waals surface area contributed by atoms with E-state index in [2.05, 4.69) is 15.2 Å². The van der Waals surface area contributed by atoms with Crippen molar-refractivity contribution in [1.82, 2.24) is 15.2 Å². The molecule has 2 amide bonds. The average Bonchev–Trinajstić information content (AvgIpc) is 3.24. The monoisotopic (exact) mass is 368 g/mol. The molecule has 1 aliphatic heterocycles. The summed E-state index contributed by atoms with van der Waals surface area (Å²) in [7, 11) is 0. The van der Waals surface area contributed by atoms with Crippen LogP contribution in [0.5, 0.6) is 0 Å². The summed E-state index contributed by atoms with van der Waals surface area (Å²) < 4.78 is 0. The van der Waals surface area contributed by atoms with Gasteiger partial charge in [0.15, 0.2) is 5.65 Å². The maximum atomic E-state index is 13.3. The molecule has 6 heteroatoms. The van der Waals surface area contributed by atoms with Gasteiger partial charge in [-0.1, -0.05) is 36.4 Å². The molecule has 0 radical (unpaired) electrons. The fraction of sp³-hybridized carbons (Fsp3) is 0.0909. The Balaban J connectivity index is 1.73. The average molecular weight is 368 g/mol. The first-order chi connectivity index (χ1) is 13.6. The lowest BCUT2D eigenvalue weighted by molar-refractivity contribution is 0.0926. The second kappa shape index (κ2) is 5.85. The van der Waals surface area contributed by atoms with Crippen molar-refractivity contribution in [1.29, 1.82) is 0 Å². The number of carbonyl (C=O) groups excluding carboxylic acids is 2. The summed E-state index contributed by atoms with van der Waals surface area (Å²) in [6.07, 6.45) is 1.44. The third-order valence-corrected chi connectivity index (χ3v) is 5.24. The number of aromatic amines is 1. The number of hydrogen-bond donors (Lipinski definition) is 1. The Kier molecular flexibility index (Phi) is 3.42. The van der Waals surface area contributed by atoms with Crippen LogP contribution in [0, 0.1) is 13.8 Å². The van der Waals surface area contributed by atoms with Crippen molar-refractivity contribution in [3.8, 4) is 11.3 Å². The Morgan fingerprint density at radius 3 is 2.46 bits per heavy atom. The van der Waals surface area contributed by atoms with E-state index >= 15 is 0 Å². The highest BCUT2D eigenvalue weighted by Crippen LogP contribution is 2.36. The van der Waals surface area contributed by atoms with Gasteiger partial charge in [0, 0.05) is 11.8 Å². The Bertz CT molecular complexity index is 1270. The summed E-state index contributed by atoms with van der Waals surface area (Å²) in [5.41, 5.74) is 5.31. The molecule has 5 rings (SSSR count). The highest BCUT2D eigenvalue weighted by molar-refractivity contribution is 6.38. The number of nitrogens with zero attached hydrogens (tertiary/aromatic N) is 3. The number of anilines is 1. The Morgan fingerprint density at radius 1 is 0.929 bits per heavy atom. The molecule has 6 nitrogen and oxygen atoms in total. The lowest BCUT2D eigenvalue weighted by Gasteiger charge is -2.15. The number of nitrogens with one attached hydrogen (secondary N) is 1. The van der Waals surface area contributed by atoms with Gasteiger partial charge < -0.3 is 0 Å². The van der Waals surface area contributed by atoms with Gasteiger partial charge in [0.05, 0.1) is 27.9 Å². The molecule has 0 aliphatic carbocycles. The van der Waals surface area contributed by atoms with E-state index in [1.54, 1.807) is 6.07 Å². The number of rotatable bonds is 2. The lowest BCUT2D eigenvalue weighted by atomic mass is 10.0. The van der Waals surface area contributed by atoms with Crippen molar-refractivity contribution in [3.05, 3.63) is 77.0 Å². The summed E-state index contributed by atoms with van der Waals surface area (Å²) in [6, 6.07) is 15.1. The van der Waals surface area contributed by atoms with E-state index in [4.69, 9.17) is 0 Å². The number of hydrogen-bond acceptors (Lipinski definition) is 4. The van der Waals surface area contributed by atoms with Crippen LogP contribution in [0.1, 0.15) is 31.8 Å². The number of H-pyrrole nitrogens is 1. The van der Waals surface area contributed by atoms with Gasteiger partial charge in [0.1, 0.15) is 0 Å². The van der Waals surface area contributed by atoms with Gasteiger partial charge in [-0.05, 0) is 37.1 Å². The molecule has 0 spiro atoms. The van der Waals surface area contributed by atoms with E-state index in [-0.39, 0.29) is 11.8 Å². The minimum atomic E-state index is -0.363. The zero-order chi connectivity index (χ0) is 19.4. The number of fused-ring (bicyclic) bond motifs is 3. The normalized spacial score (nSPS) is 13.4. The van der Waals surface area contributed by atoms with Crippen molar-refractivity contribution < 1.29 is 9.59 Å². The van der Waals surface area contributed by atoms with E-state index in [1.807, 2.05) is 56.3 Å². The van der Waals surface area contributed by atoms with E-state index in [0.29, 0.717) is 33.5 Å². The third-order valence-electron chi connectivity index (χ3n) is 5.24. The van der Waals surface area contributed by atoms with E-state index in [9.17, 15) is 9.59 Å². The van der Waals surface area contributed by atoms with Crippen LogP contribution in [0.25, 0.3) is 22.3 Å². The zero-order valence-electron chi connectivity index (χ0n) is 15.4. The van der Waals surface area contributed by atoms with Gasteiger partial charge in [-0.25, -0.2) is 9.88 Å². The minimum Gasteiger partial charge on any atom is -0.275 e. The van der Waals surface area contributed by atoms with Gasteiger partial charge in [0.2, 0.25) is 0 Å². The number of amides is 2. The number of pyridine rings is 1. The second-order valence-electron chi connectivity index (χ2n) is 6.92. The Labute approximate surface area is 160 Å². The molecule has 0 unspecified atom stereocenters. The van der Waals surface area contributed by atoms with E-state index in [1.165, 1.54) is 11.1 Å². The summed E-state index contributed by atoms with van der Waals surface area (Å²) >= 11 is 0. The molecule has 0 saturated heterocycles. The van der Waals surface area contributed by atoms with Gasteiger partial charge in [-0.15, -0.1) is 0 Å². The van der Waals surface area contributed by atoms with Crippen molar-refractivity contribution in [2.75, 3.05) is 4.90 Å². The molecule has 0 saturated carbocycles. The SMILES string of the molecule is Cc1ccc(N2C(=O)c3cnc4n[nH]c(-c5ccccc5)c4c3C2=O)cc1C. The Hall–Kier alpha value is -3.80. The predicted octanol–water partition coefficient (Wildman–Crippen LogP) is 4.04. The van der Waals surface area contributed by atoms with Crippen molar-refractivity contribution in [3.63, 3.8) is 0 Å². The van der Waals surface area contributed by atoms with Gasteiger partial charge in [-0.2, -0.15) is 5.10 Å². The van der Waals surface area contributed by atoms with Crippen LogP contribution >= 0.6 is 0 Å². The van der Waals surface area contributed by atoms with Crippen LogP contribution in [0.15, 0.2) is 54.7 Å². The number of benzene rings is 2. The highest BCUT2D eigenvalue weighted by atomic mass is 16.2. The van der Waals surface area contributed by atoms with Gasteiger partial charge in [0.25, 0.3) is 11.8 Å². The van der Waals surface area contributed by atoms with Crippen LogP contribution in [0.4, 0.5) is 5.69 Å². The zero-order valence-corrected chi connectivity index (χ0v) is 15.4. The molecule has 136 valence electrons. The van der Waals surface area contributed by atoms with Crippen LogP contribution in [0.3, 0.4) is 0 Å². The molecule has 1 N–H and O–H groups in total. The number of imide groups is 1. The third kappa shape index (κ3) is 2.21. The first-order valence-electron chi connectivity index (χ1n) is 8.95. The van der Waals surface area contributed by atoms with Crippen LogP contribution in [-0.4, -0.2) is 27.0 Å². The summed E-state index contributed by atoms with van der Waals surface area (Å²) in [5, 5.41) is 7.79. The minimum absolute atomic E-state index is 0.300. The topological polar surface area (TPSA) is 79.0 Å².